The van der Waals surface area contributed by atoms with Crippen LogP contribution in [0.3, 0.4) is 0 Å². The van der Waals surface area contributed by atoms with E-state index >= 15 is 0 Å². The first-order valence-electron chi connectivity index (χ1n) is 9.41. The summed E-state index contributed by atoms with van der Waals surface area (Å²) in [5.74, 6) is 0.855. The molecule has 27 heavy (non-hydrogen) atoms. The molecule has 0 radical (unpaired) electrons. The molecule has 0 saturated carbocycles. The van der Waals surface area contributed by atoms with Crippen LogP contribution in [0, 0.1) is 0 Å². The molecule has 3 rings (SSSR count). The van der Waals surface area contributed by atoms with Crippen LogP contribution in [0.2, 0.25) is 5.02 Å². The van der Waals surface area contributed by atoms with Gasteiger partial charge in [0.1, 0.15) is 5.75 Å². The molecule has 0 spiro atoms. The Morgan fingerprint density at radius 3 is 2.63 bits per heavy atom. The number of rotatable bonds is 6. The van der Waals surface area contributed by atoms with Gasteiger partial charge in [0.25, 0.3) is 0 Å². The summed E-state index contributed by atoms with van der Waals surface area (Å²) in [6.07, 6.45) is 0.795. The molecule has 0 aliphatic carbocycles. The second kappa shape index (κ2) is 8.61. The van der Waals surface area contributed by atoms with Crippen molar-refractivity contribution in [2.45, 2.75) is 50.9 Å². The lowest BCUT2D eigenvalue weighted by Crippen LogP contribution is -2.43. The second-order valence-electron chi connectivity index (χ2n) is 7.31. The summed E-state index contributed by atoms with van der Waals surface area (Å²) in [7, 11) is 0. The van der Waals surface area contributed by atoms with Crippen molar-refractivity contribution >= 4 is 11.6 Å². The van der Waals surface area contributed by atoms with E-state index in [0.717, 1.165) is 22.4 Å². The molecule has 1 heterocycles. The highest BCUT2D eigenvalue weighted by Gasteiger charge is 2.38. The van der Waals surface area contributed by atoms with Crippen LogP contribution in [-0.2, 0) is 16.8 Å². The summed E-state index contributed by atoms with van der Waals surface area (Å²) in [5, 5.41) is 20.4. The van der Waals surface area contributed by atoms with E-state index < -0.39 is 11.7 Å². The van der Waals surface area contributed by atoms with Crippen molar-refractivity contribution in [2.24, 2.45) is 0 Å². The fourth-order valence-corrected chi connectivity index (χ4v) is 3.91. The van der Waals surface area contributed by atoms with E-state index in [4.69, 9.17) is 21.1 Å². The molecule has 0 amide bonds. The maximum atomic E-state index is 10.2. The van der Waals surface area contributed by atoms with Crippen LogP contribution < -0.4 is 4.74 Å². The number of aliphatic hydroxyl groups excluding tert-OH is 2. The third-order valence-electron chi connectivity index (χ3n) is 5.08. The zero-order valence-corrected chi connectivity index (χ0v) is 16.6. The molecule has 1 aliphatic heterocycles. The third-order valence-corrected chi connectivity index (χ3v) is 5.44. The van der Waals surface area contributed by atoms with Gasteiger partial charge in [0.2, 0.25) is 0 Å². The van der Waals surface area contributed by atoms with E-state index in [2.05, 4.69) is 0 Å². The molecule has 146 valence electrons. The zero-order chi connectivity index (χ0) is 19.4. The lowest BCUT2D eigenvalue weighted by atomic mass is 9.84. The van der Waals surface area contributed by atoms with Crippen LogP contribution in [0.15, 0.2) is 42.5 Å². The summed E-state index contributed by atoms with van der Waals surface area (Å²) in [5.41, 5.74) is 2.46. The zero-order valence-electron chi connectivity index (χ0n) is 15.8. The molecule has 5 heteroatoms. The molecule has 0 bridgehead atoms. The van der Waals surface area contributed by atoms with E-state index in [1.54, 1.807) is 0 Å². The molecule has 0 aromatic heterocycles. The van der Waals surface area contributed by atoms with Crippen LogP contribution in [0.1, 0.15) is 43.4 Å². The Balaban J connectivity index is 1.83. The van der Waals surface area contributed by atoms with Crippen molar-refractivity contribution in [1.29, 1.82) is 0 Å². The summed E-state index contributed by atoms with van der Waals surface area (Å²) >= 11 is 6.44. The molecule has 1 saturated heterocycles. The van der Waals surface area contributed by atoms with Gasteiger partial charge < -0.3 is 19.7 Å². The van der Waals surface area contributed by atoms with Gasteiger partial charge in [-0.05, 0) is 55.2 Å². The quantitative estimate of drug-likeness (QED) is 0.780. The average molecular weight is 391 g/mol. The fraction of sp³-hybridized carbons (Fsp3) is 0.455. The highest BCUT2D eigenvalue weighted by Crippen LogP contribution is 2.39. The van der Waals surface area contributed by atoms with Crippen LogP contribution in [0.4, 0.5) is 0 Å². The van der Waals surface area contributed by atoms with E-state index in [1.165, 1.54) is 0 Å². The van der Waals surface area contributed by atoms with Gasteiger partial charge >= 0.3 is 0 Å². The Morgan fingerprint density at radius 1 is 1.22 bits per heavy atom. The van der Waals surface area contributed by atoms with Crippen LogP contribution in [0.5, 0.6) is 5.75 Å². The van der Waals surface area contributed by atoms with Crippen molar-refractivity contribution in [3.63, 3.8) is 0 Å². The average Bonchev–Trinajstić information content (AvgIpc) is 2.64. The number of hydrogen-bond acceptors (Lipinski definition) is 4. The Morgan fingerprint density at radius 2 is 1.96 bits per heavy atom. The predicted molar refractivity (Wildman–Crippen MR) is 106 cm³/mol. The molecule has 2 aromatic carbocycles. The normalized spacial score (nSPS) is 25.4. The van der Waals surface area contributed by atoms with Crippen LogP contribution in [-0.4, -0.2) is 35.6 Å². The topological polar surface area (TPSA) is 58.9 Å². The third kappa shape index (κ3) is 4.82. The van der Waals surface area contributed by atoms with Gasteiger partial charge in [-0.25, -0.2) is 0 Å². The molecule has 4 nitrogen and oxygen atoms in total. The SMILES string of the molecule is CCOc1ccc(Cc2cc([C@@]3(C)CC(O)CC(CO)O3)ccc2Cl)cc1. The lowest BCUT2D eigenvalue weighted by Gasteiger charge is -2.41. The molecule has 2 N–H and O–H groups in total. The summed E-state index contributed by atoms with van der Waals surface area (Å²) < 4.78 is 11.6. The van der Waals surface area contributed by atoms with Gasteiger partial charge in [0.15, 0.2) is 0 Å². The minimum absolute atomic E-state index is 0.0979. The van der Waals surface area contributed by atoms with Crippen molar-refractivity contribution in [3.05, 3.63) is 64.2 Å². The summed E-state index contributed by atoms with van der Waals surface area (Å²) in [6.45, 7) is 4.47. The van der Waals surface area contributed by atoms with Crippen molar-refractivity contribution in [1.82, 2.24) is 0 Å². The number of hydrogen-bond donors (Lipinski definition) is 2. The van der Waals surface area contributed by atoms with Gasteiger partial charge in [-0.2, -0.15) is 0 Å². The summed E-state index contributed by atoms with van der Waals surface area (Å²) in [6, 6.07) is 13.9. The van der Waals surface area contributed by atoms with E-state index in [-0.39, 0.29) is 12.7 Å². The highest BCUT2D eigenvalue weighted by atomic mass is 35.5. The molecule has 3 atom stereocenters. The number of aliphatic hydroxyl groups is 2. The van der Waals surface area contributed by atoms with Crippen LogP contribution >= 0.6 is 11.6 Å². The number of benzene rings is 2. The maximum absolute atomic E-state index is 10.2. The Kier molecular flexibility index (Phi) is 6.43. The highest BCUT2D eigenvalue weighted by molar-refractivity contribution is 6.31. The Hall–Kier alpha value is -1.59. The minimum Gasteiger partial charge on any atom is -0.494 e. The molecule has 2 aromatic rings. The second-order valence-corrected chi connectivity index (χ2v) is 7.71. The first kappa shape index (κ1) is 20.2. The van der Waals surface area contributed by atoms with Crippen LogP contribution in [0.25, 0.3) is 0 Å². The monoisotopic (exact) mass is 390 g/mol. The Labute approximate surface area is 165 Å². The smallest absolute Gasteiger partial charge is 0.119 e. The maximum Gasteiger partial charge on any atom is 0.119 e. The van der Waals surface area contributed by atoms with E-state index in [1.807, 2.05) is 56.3 Å². The summed E-state index contributed by atoms with van der Waals surface area (Å²) in [4.78, 5) is 0. The molecular formula is C22H27ClO4. The minimum atomic E-state index is -0.650. The van der Waals surface area contributed by atoms with Gasteiger partial charge in [0.05, 0.1) is 31.0 Å². The van der Waals surface area contributed by atoms with E-state index in [9.17, 15) is 10.2 Å². The predicted octanol–water partition coefficient (Wildman–Crippen LogP) is 4.08. The number of halogens is 1. The molecule has 2 unspecified atom stereocenters. The van der Waals surface area contributed by atoms with Crippen molar-refractivity contribution in [3.8, 4) is 5.75 Å². The van der Waals surface area contributed by atoms with Crippen molar-refractivity contribution < 1.29 is 19.7 Å². The van der Waals surface area contributed by atoms with Crippen molar-refractivity contribution in [2.75, 3.05) is 13.2 Å². The first-order chi connectivity index (χ1) is 12.9. The first-order valence-corrected chi connectivity index (χ1v) is 9.78. The standard InChI is InChI=1S/C22H27ClO4/c1-3-26-19-7-4-15(5-8-19)10-16-11-17(6-9-21(16)23)22(2)13-18(25)12-20(14-24)27-22/h4-9,11,18,20,24-25H,3,10,12-14H2,1-2H3/t18?,20?,22-/m1/s1. The number of ether oxygens (including phenoxy) is 2. The van der Waals surface area contributed by atoms with Gasteiger partial charge in [-0.15, -0.1) is 0 Å². The molecule has 1 aliphatic rings. The fourth-order valence-electron chi connectivity index (χ4n) is 3.73. The largest absolute Gasteiger partial charge is 0.494 e. The molecular weight excluding hydrogens is 364 g/mol. The van der Waals surface area contributed by atoms with E-state index in [0.29, 0.717) is 30.9 Å². The lowest BCUT2D eigenvalue weighted by molar-refractivity contribution is -0.169. The van der Waals surface area contributed by atoms with Gasteiger partial charge in [-0.1, -0.05) is 35.9 Å². The molecule has 1 fully saturated rings. The Bertz CT molecular complexity index is 761. The van der Waals surface area contributed by atoms with Gasteiger partial charge in [-0.3, -0.25) is 0 Å². The van der Waals surface area contributed by atoms with Gasteiger partial charge in [0, 0.05) is 17.9 Å².